The first-order valence-corrected chi connectivity index (χ1v) is 6.26. The van der Waals surface area contributed by atoms with Gasteiger partial charge < -0.3 is 4.90 Å². The van der Waals surface area contributed by atoms with Gasteiger partial charge in [0.1, 0.15) is 18.0 Å². The Kier molecular flexibility index (Phi) is 3.06. The van der Waals surface area contributed by atoms with Crippen LogP contribution in [0.2, 0.25) is 0 Å². The number of fused-ring (bicyclic) bond motifs is 1. The number of halogens is 1. The molecular weight excluding hydrogens is 257 g/mol. The van der Waals surface area contributed by atoms with Crippen molar-refractivity contribution in [2.45, 2.75) is 13.5 Å². The van der Waals surface area contributed by atoms with Crippen LogP contribution in [0.3, 0.4) is 0 Å². The molecule has 0 bridgehead atoms. The second kappa shape index (κ2) is 4.88. The first-order valence-electron chi connectivity index (χ1n) is 6.26. The van der Waals surface area contributed by atoms with Gasteiger partial charge in [0.05, 0.1) is 0 Å². The molecule has 20 heavy (non-hydrogen) atoms. The van der Waals surface area contributed by atoms with Crippen molar-refractivity contribution in [1.29, 1.82) is 0 Å². The van der Waals surface area contributed by atoms with E-state index in [0.29, 0.717) is 12.3 Å². The minimum Gasteiger partial charge on any atom is -0.355 e. The third-order valence-corrected chi connectivity index (χ3v) is 3.09. The summed E-state index contributed by atoms with van der Waals surface area (Å²) in [5.41, 5.74) is 1.91. The van der Waals surface area contributed by atoms with E-state index in [-0.39, 0.29) is 5.82 Å². The molecule has 0 amide bonds. The number of aromatic nitrogens is 4. The summed E-state index contributed by atoms with van der Waals surface area (Å²) < 4.78 is 14.6. The number of anilines is 1. The summed E-state index contributed by atoms with van der Waals surface area (Å²) in [4.78, 5) is 10.4. The zero-order valence-electron chi connectivity index (χ0n) is 11.3. The Labute approximate surface area is 115 Å². The fourth-order valence-electron chi connectivity index (χ4n) is 2.13. The third kappa shape index (κ3) is 2.32. The number of hydrogen-bond acceptors (Lipinski definition) is 4. The molecule has 0 radical (unpaired) electrons. The van der Waals surface area contributed by atoms with Gasteiger partial charge in [0.2, 0.25) is 0 Å². The molecular formula is C14H14FN5. The number of hydrogen-bond donors (Lipinski definition) is 0. The van der Waals surface area contributed by atoms with Crippen LogP contribution in [0, 0.1) is 12.7 Å². The zero-order valence-corrected chi connectivity index (χ0v) is 11.3. The Morgan fingerprint density at radius 2 is 2.00 bits per heavy atom. The van der Waals surface area contributed by atoms with Gasteiger partial charge in [-0.25, -0.2) is 9.37 Å². The van der Waals surface area contributed by atoms with Crippen LogP contribution in [0.15, 0.2) is 36.7 Å². The molecule has 0 aliphatic rings. The lowest BCUT2D eigenvalue weighted by Gasteiger charge is -2.20. The molecule has 0 N–H and O–H groups in total. The molecule has 0 atom stereocenters. The first kappa shape index (κ1) is 12.5. The Balaban J connectivity index is 1.93. The maximum absolute atomic E-state index is 12.9. The molecule has 0 spiro atoms. The van der Waals surface area contributed by atoms with Crippen molar-refractivity contribution in [2.75, 3.05) is 11.9 Å². The summed E-state index contributed by atoms with van der Waals surface area (Å²) in [5, 5.41) is 4.18. The smallest absolute Gasteiger partial charge is 0.254 e. The zero-order chi connectivity index (χ0) is 14.1. The summed E-state index contributed by atoms with van der Waals surface area (Å²) in [5.74, 6) is 1.25. The first-order chi connectivity index (χ1) is 9.63. The average molecular weight is 271 g/mol. The molecule has 6 heteroatoms. The molecule has 5 nitrogen and oxygen atoms in total. The van der Waals surface area contributed by atoms with Gasteiger partial charge in [0.15, 0.2) is 0 Å². The SMILES string of the molecule is Cc1cc(N(C)Cc2ccc(F)cc2)n2ncnc2n1. The maximum atomic E-state index is 12.9. The monoisotopic (exact) mass is 271 g/mol. The lowest BCUT2D eigenvalue weighted by atomic mass is 10.2. The number of nitrogens with zero attached hydrogens (tertiary/aromatic N) is 5. The van der Waals surface area contributed by atoms with Gasteiger partial charge in [0.25, 0.3) is 5.78 Å². The number of aryl methyl sites for hydroxylation is 1. The standard InChI is InChI=1S/C14H14FN5/c1-10-7-13(20-14(18-10)16-9-17-20)19(2)8-11-3-5-12(15)6-4-11/h3-7,9H,8H2,1-2H3. The van der Waals surface area contributed by atoms with Crippen LogP contribution >= 0.6 is 0 Å². The van der Waals surface area contributed by atoms with Crippen LogP contribution in [0.1, 0.15) is 11.3 Å². The molecule has 0 aliphatic carbocycles. The minimum absolute atomic E-state index is 0.227. The Hall–Kier alpha value is -2.50. The van der Waals surface area contributed by atoms with Crippen molar-refractivity contribution >= 4 is 11.6 Å². The lowest BCUT2D eigenvalue weighted by Crippen LogP contribution is -2.20. The van der Waals surface area contributed by atoms with Gasteiger partial charge in [-0.05, 0) is 24.6 Å². The second-order valence-corrected chi connectivity index (χ2v) is 4.71. The van der Waals surface area contributed by atoms with E-state index in [9.17, 15) is 4.39 Å². The largest absolute Gasteiger partial charge is 0.355 e. The molecule has 0 saturated heterocycles. The van der Waals surface area contributed by atoms with Gasteiger partial charge in [-0.15, -0.1) is 0 Å². The third-order valence-electron chi connectivity index (χ3n) is 3.09. The topological polar surface area (TPSA) is 46.3 Å². The predicted molar refractivity (Wildman–Crippen MR) is 74.0 cm³/mol. The fraction of sp³-hybridized carbons (Fsp3) is 0.214. The Morgan fingerprint density at radius 1 is 1.25 bits per heavy atom. The van der Waals surface area contributed by atoms with Gasteiger partial charge in [-0.1, -0.05) is 12.1 Å². The highest BCUT2D eigenvalue weighted by Crippen LogP contribution is 2.17. The maximum Gasteiger partial charge on any atom is 0.254 e. The summed E-state index contributed by atoms with van der Waals surface area (Å²) in [6, 6.07) is 8.43. The van der Waals surface area contributed by atoms with Crippen molar-refractivity contribution in [3.8, 4) is 0 Å². The van der Waals surface area contributed by atoms with E-state index in [1.807, 2.05) is 24.9 Å². The van der Waals surface area contributed by atoms with Crippen LogP contribution < -0.4 is 4.90 Å². The molecule has 1 aromatic carbocycles. The summed E-state index contributed by atoms with van der Waals surface area (Å²) in [6.45, 7) is 2.57. The molecule has 3 aromatic rings. The number of rotatable bonds is 3. The van der Waals surface area contributed by atoms with Crippen LogP contribution in [-0.2, 0) is 6.54 Å². The van der Waals surface area contributed by atoms with Gasteiger partial charge in [0, 0.05) is 25.4 Å². The summed E-state index contributed by atoms with van der Waals surface area (Å²) in [6.07, 6.45) is 1.48. The van der Waals surface area contributed by atoms with Crippen LogP contribution in [0.4, 0.5) is 10.2 Å². The highest BCUT2D eigenvalue weighted by molar-refractivity contribution is 5.47. The van der Waals surface area contributed by atoms with Gasteiger partial charge >= 0.3 is 0 Å². The highest BCUT2D eigenvalue weighted by Gasteiger charge is 2.10. The Bertz CT molecular complexity index is 735. The van der Waals surface area contributed by atoms with E-state index in [2.05, 4.69) is 15.1 Å². The molecule has 0 saturated carbocycles. The van der Waals surface area contributed by atoms with E-state index in [1.165, 1.54) is 18.5 Å². The lowest BCUT2D eigenvalue weighted by molar-refractivity contribution is 0.627. The van der Waals surface area contributed by atoms with Crippen molar-refractivity contribution in [2.24, 2.45) is 0 Å². The quantitative estimate of drug-likeness (QED) is 0.732. The van der Waals surface area contributed by atoms with Crippen molar-refractivity contribution in [3.05, 3.63) is 53.7 Å². The van der Waals surface area contributed by atoms with Crippen LogP contribution in [0.5, 0.6) is 0 Å². The van der Waals surface area contributed by atoms with E-state index >= 15 is 0 Å². The highest BCUT2D eigenvalue weighted by atomic mass is 19.1. The Morgan fingerprint density at radius 3 is 2.75 bits per heavy atom. The molecule has 0 aliphatic heterocycles. The number of benzene rings is 1. The van der Waals surface area contributed by atoms with Crippen molar-refractivity contribution in [3.63, 3.8) is 0 Å². The van der Waals surface area contributed by atoms with Gasteiger partial charge in [-0.2, -0.15) is 14.6 Å². The normalized spacial score (nSPS) is 10.9. The van der Waals surface area contributed by atoms with Gasteiger partial charge in [-0.3, -0.25) is 0 Å². The van der Waals surface area contributed by atoms with Crippen molar-refractivity contribution in [1.82, 2.24) is 19.6 Å². The molecule has 0 fully saturated rings. The molecule has 3 rings (SSSR count). The summed E-state index contributed by atoms with van der Waals surface area (Å²) in [7, 11) is 1.96. The predicted octanol–water partition coefficient (Wildman–Crippen LogP) is 2.21. The van der Waals surface area contributed by atoms with E-state index in [4.69, 9.17) is 0 Å². The van der Waals surface area contributed by atoms with E-state index in [1.54, 1.807) is 16.6 Å². The fourth-order valence-corrected chi connectivity index (χ4v) is 2.13. The van der Waals surface area contributed by atoms with Crippen molar-refractivity contribution < 1.29 is 4.39 Å². The molecule has 102 valence electrons. The molecule has 0 unspecified atom stereocenters. The summed E-state index contributed by atoms with van der Waals surface area (Å²) >= 11 is 0. The average Bonchev–Trinajstić information content (AvgIpc) is 2.88. The van der Waals surface area contributed by atoms with E-state index in [0.717, 1.165) is 17.1 Å². The van der Waals surface area contributed by atoms with Crippen LogP contribution in [0.25, 0.3) is 5.78 Å². The van der Waals surface area contributed by atoms with Crippen LogP contribution in [-0.4, -0.2) is 26.6 Å². The second-order valence-electron chi connectivity index (χ2n) is 4.71. The molecule has 2 aromatic heterocycles. The van der Waals surface area contributed by atoms with E-state index < -0.39 is 0 Å². The minimum atomic E-state index is -0.227. The molecule has 2 heterocycles.